The molecule has 0 aliphatic carbocycles. The Morgan fingerprint density at radius 3 is 2.86 bits per heavy atom. The van der Waals surface area contributed by atoms with Gasteiger partial charge in [0.2, 0.25) is 4.96 Å². The molecule has 3 aromatic heterocycles. The van der Waals surface area contributed by atoms with Crippen molar-refractivity contribution >= 4 is 16.3 Å². The molecule has 0 bridgehead atoms. The molecule has 4 rings (SSSR count). The van der Waals surface area contributed by atoms with Crippen molar-refractivity contribution in [1.29, 1.82) is 0 Å². The fraction of sp³-hybridized carbons (Fsp3) is 0.429. The number of rotatable bonds is 3. The van der Waals surface area contributed by atoms with Gasteiger partial charge in [0.15, 0.2) is 5.82 Å². The lowest BCUT2D eigenvalue weighted by Gasteiger charge is -2.25. The normalized spacial score (nSPS) is 16.6. The van der Waals surface area contributed by atoms with Crippen LogP contribution in [0.1, 0.15) is 25.1 Å². The van der Waals surface area contributed by atoms with Crippen LogP contribution in [0.5, 0.6) is 0 Å². The van der Waals surface area contributed by atoms with E-state index in [-0.39, 0.29) is 0 Å². The molecule has 0 atom stereocenters. The summed E-state index contributed by atoms with van der Waals surface area (Å²) in [5.41, 5.74) is 1.02. The fourth-order valence-corrected chi connectivity index (χ4v) is 3.53. The largest absolute Gasteiger partial charge is 0.296 e. The number of nitrogens with zero attached hydrogens (tertiary/aromatic N) is 6. The molecule has 7 heteroatoms. The zero-order valence-corrected chi connectivity index (χ0v) is 12.5. The predicted molar refractivity (Wildman–Crippen MR) is 81.0 cm³/mol. The van der Waals surface area contributed by atoms with Gasteiger partial charge in [-0.1, -0.05) is 17.8 Å². The lowest BCUT2D eigenvalue weighted by atomic mass is 10.1. The summed E-state index contributed by atoms with van der Waals surface area (Å²) in [5, 5.41) is 14.1. The highest BCUT2D eigenvalue weighted by Crippen LogP contribution is 2.25. The Labute approximate surface area is 126 Å². The van der Waals surface area contributed by atoms with Crippen molar-refractivity contribution in [2.75, 3.05) is 13.1 Å². The summed E-state index contributed by atoms with van der Waals surface area (Å²) in [6, 6.07) is 3.94. The molecule has 0 saturated carbocycles. The van der Waals surface area contributed by atoms with E-state index in [1.54, 1.807) is 17.5 Å². The van der Waals surface area contributed by atoms with Crippen LogP contribution in [0.2, 0.25) is 0 Å². The van der Waals surface area contributed by atoms with E-state index in [9.17, 15) is 0 Å². The van der Waals surface area contributed by atoms with Gasteiger partial charge in [-0.25, -0.2) is 0 Å². The Balaban J connectivity index is 1.63. The van der Waals surface area contributed by atoms with Gasteiger partial charge in [-0.3, -0.25) is 9.88 Å². The molecule has 0 radical (unpaired) electrons. The van der Waals surface area contributed by atoms with E-state index in [4.69, 9.17) is 0 Å². The Kier molecular flexibility index (Phi) is 3.36. The molecule has 1 aliphatic heterocycles. The van der Waals surface area contributed by atoms with Crippen LogP contribution in [0.25, 0.3) is 15.5 Å². The molecule has 21 heavy (non-hydrogen) atoms. The van der Waals surface area contributed by atoms with Crippen molar-refractivity contribution in [2.45, 2.75) is 25.8 Å². The van der Waals surface area contributed by atoms with Crippen molar-refractivity contribution in [2.24, 2.45) is 0 Å². The highest BCUT2D eigenvalue weighted by atomic mass is 32.1. The van der Waals surface area contributed by atoms with Gasteiger partial charge in [0, 0.05) is 18.0 Å². The number of hydrogen-bond acceptors (Lipinski definition) is 6. The molecular weight excluding hydrogens is 284 g/mol. The van der Waals surface area contributed by atoms with Crippen LogP contribution in [-0.2, 0) is 6.54 Å². The van der Waals surface area contributed by atoms with Crippen molar-refractivity contribution < 1.29 is 0 Å². The minimum absolute atomic E-state index is 0.831. The van der Waals surface area contributed by atoms with Crippen molar-refractivity contribution in [3.05, 3.63) is 30.4 Å². The lowest BCUT2D eigenvalue weighted by molar-refractivity contribution is 0.214. The first-order valence-corrected chi connectivity index (χ1v) is 8.06. The average molecular weight is 300 g/mol. The molecule has 0 aromatic carbocycles. The first-order valence-electron chi connectivity index (χ1n) is 7.24. The molecule has 0 N–H and O–H groups in total. The summed E-state index contributed by atoms with van der Waals surface area (Å²) in [5.74, 6) is 0.929. The van der Waals surface area contributed by atoms with E-state index in [1.807, 2.05) is 22.8 Å². The second kappa shape index (κ2) is 5.50. The molecule has 4 heterocycles. The highest BCUT2D eigenvalue weighted by Gasteiger charge is 2.17. The molecule has 1 fully saturated rings. The maximum absolute atomic E-state index is 4.65. The third kappa shape index (κ3) is 2.54. The number of pyridine rings is 1. The minimum atomic E-state index is 0.831. The number of piperidine rings is 1. The number of aromatic nitrogens is 5. The van der Waals surface area contributed by atoms with Crippen molar-refractivity contribution in [1.82, 2.24) is 29.7 Å². The first-order chi connectivity index (χ1) is 10.4. The summed E-state index contributed by atoms with van der Waals surface area (Å²) in [4.78, 5) is 7.43. The van der Waals surface area contributed by atoms with E-state index in [2.05, 4.69) is 25.2 Å². The quantitative estimate of drug-likeness (QED) is 0.742. The van der Waals surface area contributed by atoms with E-state index in [0.717, 1.165) is 41.0 Å². The molecule has 0 spiro atoms. The Morgan fingerprint density at radius 1 is 1.14 bits per heavy atom. The summed E-state index contributed by atoms with van der Waals surface area (Å²) in [6.07, 6.45) is 7.50. The van der Waals surface area contributed by atoms with Crippen LogP contribution in [0.15, 0.2) is 24.5 Å². The molecule has 108 valence electrons. The average Bonchev–Trinajstić information content (AvgIpc) is 3.11. The molecule has 1 aliphatic rings. The van der Waals surface area contributed by atoms with Gasteiger partial charge in [-0.05, 0) is 38.1 Å². The number of hydrogen-bond donors (Lipinski definition) is 0. The molecule has 0 amide bonds. The third-order valence-corrected chi connectivity index (χ3v) is 4.73. The van der Waals surface area contributed by atoms with Crippen LogP contribution in [0.3, 0.4) is 0 Å². The summed E-state index contributed by atoms with van der Waals surface area (Å²) >= 11 is 1.55. The topological polar surface area (TPSA) is 59.2 Å². The van der Waals surface area contributed by atoms with Crippen LogP contribution >= 0.6 is 11.3 Å². The monoisotopic (exact) mass is 300 g/mol. The van der Waals surface area contributed by atoms with E-state index >= 15 is 0 Å². The summed E-state index contributed by atoms with van der Waals surface area (Å²) < 4.78 is 1.88. The lowest BCUT2D eigenvalue weighted by Crippen LogP contribution is -2.30. The Hall–Kier alpha value is -1.86. The predicted octanol–water partition coefficient (Wildman–Crippen LogP) is 2.23. The van der Waals surface area contributed by atoms with E-state index < -0.39 is 0 Å². The zero-order chi connectivity index (χ0) is 14.1. The van der Waals surface area contributed by atoms with Gasteiger partial charge in [0.25, 0.3) is 0 Å². The highest BCUT2D eigenvalue weighted by molar-refractivity contribution is 7.19. The van der Waals surface area contributed by atoms with E-state index in [1.165, 1.54) is 19.3 Å². The van der Waals surface area contributed by atoms with Crippen molar-refractivity contribution in [3.8, 4) is 10.6 Å². The Bertz CT molecular complexity index is 728. The van der Waals surface area contributed by atoms with Gasteiger partial charge < -0.3 is 0 Å². The SMILES string of the molecule is c1cncc(-c2nn3c(CN4CCCCC4)nnc3s2)c1. The molecule has 3 aromatic rings. The van der Waals surface area contributed by atoms with Gasteiger partial charge in [-0.2, -0.15) is 9.61 Å². The molecule has 1 saturated heterocycles. The van der Waals surface area contributed by atoms with Crippen molar-refractivity contribution in [3.63, 3.8) is 0 Å². The van der Waals surface area contributed by atoms with Crippen LogP contribution in [0.4, 0.5) is 0 Å². The second-order valence-electron chi connectivity index (χ2n) is 5.30. The van der Waals surface area contributed by atoms with Gasteiger partial charge in [-0.15, -0.1) is 10.2 Å². The zero-order valence-electron chi connectivity index (χ0n) is 11.6. The maximum Gasteiger partial charge on any atom is 0.235 e. The number of fused-ring (bicyclic) bond motifs is 1. The van der Waals surface area contributed by atoms with Crippen LogP contribution in [0, 0.1) is 0 Å². The van der Waals surface area contributed by atoms with Gasteiger partial charge in [0.05, 0.1) is 6.54 Å². The first kappa shape index (κ1) is 12.8. The second-order valence-corrected chi connectivity index (χ2v) is 6.25. The fourth-order valence-electron chi connectivity index (χ4n) is 2.68. The third-order valence-electron chi connectivity index (χ3n) is 3.78. The van der Waals surface area contributed by atoms with Gasteiger partial charge in [0.1, 0.15) is 5.01 Å². The van der Waals surface area contributed by atoms with Crippen LogP contribution in [-0.4, -0.2) is 42.8 Å². The molecule has 6 nitrogen and oxygen atoms in total. The number of likely N-dealkylation sites (tertiary alicyclic amines) is 1. The minimum Gasteiger partial charge on any atom is -0.296 e. The molecular formula is C14H16N6S. The van der Waals surface area contributed by atoms with Crippen LogP contribution < -0.4 is 0 Å². The Morgan fingerprint density at radius 2 is 2.05 bits per heavy atom. The van der Waals surface area contributed by atoms with Gasteiger partial charge >= 0.3 is 0 Å². The standard InChI is InChI=1S/C14H16N6S/c1-2-7-19(8-3-1)10-12-16-17-14-20(12)18-13(21-14)11-5-4-6-15-9-11/h4-6,9H,1-3,7-8,10H2. The summed E-state index contributed by atoms with van der Waals surface area (Å²) in [6.45, 7) is 3.13. The molecule has 0 unspecified atom stereocenters. The summed E-state index contributed by atoms with van der Waals surface area (Å²) in [7, 11) is 0. The smallest absolute Gasteiger partial charge is 0.235 e. The maximum atomic E-state index is 4.65. The van der Waals surface area contributed by atoms with E-state index in [0.29, 0.717) is 0 Å².